The minimum Gasteiger partial charge on any atom is -0.0991 e. The standard InChI is InChI=1S/C11H16/c1-3-4-8-11-9-6-5-7-10(11)2/h3-4,8H,1,5-7,9H2,2H3/b8-4-. The van der Waals surface area contributed by atoms with Crippen molar-refractivity contribution in [2.45, 2.75) is 32.6 Å². The van der Waals surface area contributed by atoms with Crippen molar-refractivity contribution in [2.24, 2.45) is 0 Å². The van der Waals surface area contributed by atoms with E-state index in [1.807, 2.05) is 12.2 Å². The fourth-order valence-corrected chi connectivity index (χ4v) is 1.49. The normalized spacial score (nSPS) is 19.4. The van der Waals surface area contributed by atoms with E-state index in [4.69, 9.17) is 0 Å². The van der Waals surface area contributed by atoms with Crippen LogP contribution >= 0.6 is 0 Å². The van der Waals surface area contributed by atoms with Crippen LogP contribution in [0.3, 0.4) is 0 Å². The SMILES string of the molecule is C=C/C=C\C1=C(C)CCCC1. The lowest BCUT2D eigenvalue weighted by atomic mass is 9.92. The molecule has 0 amide bonds. The summed E-state index contributed by atoms with van der Waals surface area (Å²) in [6, 6.07) is 0. The van der Waals surface area contributed by atoms with E-state index >= 15 is 0 Å². The molecule has 1 aliphatic rings. The fourth-order valence-electron chi connectivity index (χ4n) is 1.49. The molecule has 0 saturated heterocycles. The zero-order chi connectivity index (χ0) is 8.10. The summed E-state index contributed by atoms with van der Waals surface area (Å²) in [7, 11) is 0. The van der Waals surface area contributed by atoms with Gasteiger partial charge in [0.15, 0.2) is 0 Å². The highest BCUT2D eigenvalue weighted by Gasteiger charge is 2.04. The second-order valence-corrected chi connectivity index (χ2v) is 3.11. The fraction of sp³-hybridized carbons (Fsp3) is 0.455. The monoisotopic (exact) mass is 148 g/mol. The van der Waals surface area contributed by atoms with E-state index in [9.17, 15) is 0 Å². The lowest BCUT2D eigenvalue weighted by Gasteiger charge is -2.13. The molecule has 1 rings (SSSR count). The minimum atomic E-state index is 1.26. The summed E-state index contributed by atoms with van der Waals surface area (Å²) in [5.74, 6) is 0. The molecule has 11 heavy (non-hydrogen) atoms. The summed E-state index contributed by atoms with van der Waals surface area (Å²) in [5, 5.41) is 0. The van der Waals surface area contributed by atoms with Crippen LogP contribution in [0.2, 0.25) is 0 Å². The molecule has 0 atom stereocenters. The molecule has 0 aliphatic heterocycles. The van der Waals surface area contributed by atoms with E-state index in [-0.39, 0.29) is 0 Å². The highest BCUT2D eigenvalue weighted by molar-refractivity contribution is 5.28. The third kappa shape index (κ3) is 2.38. The largest absolute Gasteiger partial charge is 0.0991 e. The van der Waals surface area contributed by atoms with Gasteiger partial charge in [0.1, 0.15) is 0 Å². The average Bonchev–Trinajstić information content (AvgIpc) is 2.03. The average molecular weight is 148 g/mol. The highest BCUT2D eigenvalue weighted by Crippen LogP contribution is 2.24. The van der Waals surface area contributed by atoms with Gasteiger partial charge in [0.2, 0.25) is 0 Å². The van der Waals surface area contributed by atoms with Gasteiger partial charge in [0.25, 0.3) is 0 Å². The molecule has 1 aliphatic carbocycles. The first-order chi connectivity index (χ1) is 5.34. The van der Waals surface area contributed by atoms with Crippen molar-refractivity contribution in [3.63, 3.8) is 0 Å². The van der Waals surface area contributed by atoms with Crippen molar-refractivity contribution in [3.8, 4) is 0 Å². The second-order valence-electron chi connectivity index (χ2n) is 3.11. The number of allylic oxidation sites excluding steroid dienone is 5. The molecule has 0 heterocycles. The van der Waals surface area contributed by atoms with E-state index in [0.29, 0.717) is 0 Å². The molecule has 0 unspecified atom stereocenters. The smallest absolute Gasteiger partial charge is 0.0279 e. The van der Waals surface area contributed by atoms with Crippen molar-refractivity contribution in [1.82, 2.24) is 0 Å². The van der Waals surface area contributed by atoms with Crippen molar-refractivity contribution >= 4 is 0 Å². The summed E-state index contributed by atoms with van der Waals surface area (Å²) >= 11 is 0. The van der Waals surface area contributed by atoms with E-state index in [1.54, 1.807) is 5.57 Å². The Hall–Kier alpha value is -0.780. The summed E-state index contributed by atoms with van der Waals surface area (Å²) in [5.41, 5.74) is 3.09. The molecule has 0 N–H and O–H groups in total. The van der Waals surface area contributed by atoms with Crippen LogP contribution in [0.5, 0.6) is 0 Å². The van der Waals surface area contributed by atoms with E-state index in [0.717, 1.165) is 0 Å². The Labute approximate surface area is 69.3 Å². The van der Waals surface area contributed by atoms with Gasteiger partial charge in [-0.25, -0.2) is 0 Å². The van der Waals surface area contributed by atoms with Crippen LogP contribution in [0.15, 0.2) is 36.0 Å². The summed E-state index contributed by atoms with van der Waals surface area (Å²) in [4.78, 5) is 0. The van der Waals surface area contributed by atoms with Crippen LogP contribution in [-0.4, -0.2) is 0 Å². The van der Waals surface area contributed by atoms with Crippen LogP contribution in [0.1, 0.15) is 32.6 Å². The first-order valence-electron chi connectivity index (χ1n) is 4.32. The van der Waals surface area contributed by atoms with Crippen molar-refractivity contribution in [1.29, 1.82) is 0 Å². The molecule has 0 nitrogen and oxygen atoms in total. The van der Waals surface area contributed by atoms with E-state index in [1.165, 1.54) is 31.3 Å². The van der Waals surface area contributed by atoms with E-state index in [2.05, 4.69) is 19.6 Å². The first-order valence-corrected chi connectivity index (χ1v) is 4.32. The van der Waals surface area contributed by atoms with Gasteiger partial charge in [-0.3, -0.25) is 0 Å². The van der Waals surface area contributed by atoms with Gasteiger partial charge in [0, 0.05) is 0 Å². The third-order valence-corrected chi connectivity index (χ3v) is 2.23. The molecular weight excluding hydrogens is 132 g/mol. The van der Waals surface area contributed by atoms with Crippen LogP contribution < -0.4 is 0 Å². The van der Waals surface area contributed by atoms with Crippen molar-refractivity contribution < 1.29 is 0 Å². The molecule has 0 heteroatoms. The van der Waals surface area contributed by atoms with Gasteiger partial charge >= 0.3 is 0 Å². The number of hydrogen-bond donors (Lipinski definition) is 0. The van der Waals surface area contributed by atoms with E-state index < -0.39 is 0 Å². The van der Waals surface area contributed by atoms with Crippen molar-refractivity contribution in [3.05, 3.63) is 36.0 Å². The van der Waals surface area contributed by atoms with Crippen LogP contribution in [0.25, 0.3) is 0 Å². The maximum atomic E-state index is 3.66. The Morgan fingerprint density at radius 2 is 2.00 bits per heavy atom. The van der Waals surface area contributed by atoms with Gasteiger partial charge in [0.05, 0.1) is 0 Å². The zero-order valence-electron chi connectivity index (χ0n) is 7.27. The zero-order valence-corrected chi connectivity index (χ0v) is 7.27. The van der Waals surface area contributed by atoms with Crippen LogP contribution in [0.4, 0.5) is 0 Å². The molecular formula is C11H16. The van der Waals surface area contributed by atoms with Gasteiger partial charge in [-0.15, -0.1) is 0 Å². The van der Waals surface area contributed by atoms with Crippen LogP contribution in [0, 0.1) is 0 Å². The maximum Gasteiger partial charge on any atom is -0.0279 e. The Balaban J connectivity index is 2.66. The maximum absolute atomic E-state index is 3.66. The Kier molecular flexibility index (Phi) is 3.15. The lowest BCUT2D eigenvalue weighted by molar-refractivity contribution is 0.683. The molecule has 0 aromatic carbocycles. The number of hydrogen-bond acceptors (Lipinski definition) is 0. The molecule has 0 radical (unpaired) electrons. The Morgan fingerprint density at radius 3 is 2.64 bits per heavy atom. The molecule has 0 spiro atoms. The van der Waals surface area contributed by atoms with Crippen LogP contribution in [-0.2, 0) is 0 Å². The summed E-state index contributed by atoms with van der Waals surface area (Å²) in [6.45, 7) is 5.90. The third-order valence-electron chi connectivity index (χ3n) is 2.23. The predicted molar refractivity (Wildman–Crippen MR) is 50.5 cm³/mol. The molecule has 0 aromatic rings. The summed E-state index contributed by atoms with van der Waals surface area (Å²) in [6.07, 6.45) is 11.3. The highest BCUT2D eigenvalue weighted by atomic mass is 14.1. The van der Waals surface area contributed by atoms with Gasteiger partial charge in [-0.1, -0.05) is 30.4 Å². The van der Waals surface area contributed by atoms with Gasteiger partial charge in [-0.05, 0) is 38.2 Å². The van der Waals surface area contributed by atoms with Gasteiger partial charge < -0.3 is 0 Å². The molecule has 60 valence electrons. The predicted octanol–water partition coefficient (Wildman–Crippen LogP) is 3.62. The Bertz CT molecular complexity index is 194. The quantitative estimate of drug-likeness (QED) is 0.525. The first kappa shape index (κ1) is 8.32. The van der Waals surface area contributed by atoms with Gasteiger partial charge in [-0.2, -0.15) is 0 Å². The Morgan fingerprint density at radius 1 is 1.27 bits per heavy atom. The molecule has 0 aromatic heterocycles. The van der Waals surface area contributed by atoms with Crippen molar-refractivity contribution in [2.75, 3.05) is 0 Å². The molecule has 0 saturated carbocycles. The lowest BCUT2D eigenvalue weighted by Crippen LogP contribution is -1.94. The summed E-state index contributed by atoms with van der Waals surface area (Å²) < 4.78 is 0. The second kappa shape index (κ2) is 4.17. The topological polar surface area (TPSA) is 0 Å². The molecule has 0 bridgehead atoms. The molecule has 0 fully saturated rings. The number of rotatable bonds is 2. The minimum absolute atomic E-state index is 1.26.